The van der Waals surface area contributed by atoms with Gasteiger partial charge in [0.2, 0.25) is 10.0 Å². The van der Waals surface area contributed by atoms with Gasteiger partial charge in [-0.2, -0.15) is 13.2 Å². The molecule has 0 fully saturated rings. The molecule has 0 atom stereocenters. The second-order valence-electron chi connectivity index (χ2n) is 4.98. The van der Waals surface area contributed by atoms with E-state index in [2.05, 4.69) is 4.72 Å². The van der Waals surface area contributed by atoms with Crippen LogP contribution in [0.1, 0.15) is 5.56 Å². The lowest BCUT2D eigenvalue weighted by atomic mass is 10.2. The van der Waals surface area contributed by atoms with Crippen molar-refractivity contribution in [1.29, 1.82) is 0 Å². The van der Waals surface area contributed by atoms with E-state index in [9.17, 15) is 30.0 Å². The van der Waals surface area contributed by atoms with Gasteiger partial charge in [0.1, 0.15) is 0 Å². The van der Waals surface area contributed by atoms with Gasteiger partial charge in [-0.05, 0) is 49.5 Å². The lowest BCUT2D eigenvalue weighted by Crippen LogP contribution is -2.19. The molecule has 2 aromatic rings. The molecule has 0 aromatic heterocycles. The number of benzene rings is 2. The van der Waals surface area contributed by atoms with Gasteiger partial charge in [-0.1, -0.05) is 11.6 Å². The summed E-state index contributed by atoms with van der Waals surface area (Å²) in [4.78, 5) is -0.485. The van der Waals surface area contributed by atoms with E-state index in [-0.39, 0.29) is 15.5 Å². The van der Waals surface area contributed by atoms with Gasteiger partial charge in [0.25, 0.3) is 10.0 Å². The van der Waals surface area contributed by atoms with Crippen LogP contribution in [-0.2, 0) is 26.2 Å². The topological polar surface area (TPSA) is 92.3 Å². The summed E-state index contributed by atoms with van der Waals surface area (Å²) < 4.78 is 90.4. The average Bonchev–Trinajstić information content (AvgIpc) is 2.55. The number of hydrogen-bond acceptors (Lipinski definition) is 4. The molecule has 0 saturated heterocycles. The van der Waals surface area contributed by atoms with Crippen LogP contribution >= 0.6 is 11.6 Å². The van der Waals surface area contributed by atoms with Gasteiger partial charge in [-0.3, -0.25) is 4.72 Å². The molecule has 0 radical (unpaired) electrons. The number of anilines is 1. The van der Waals surface area contributed by atoms with E-state index in [1.165, 1.54) is 7.05 Å². The van der Waals surface area contributed by atoms with Crippen molar-refractivity contribution in [2.24, 2.45) is 0 Å². The predicted molar refractivity (Wildman–Crippen MR) is 90.0 cm³/mol. The van der Waals surface area contributed by atoms with Crippen LogP contribution in [0.5, 0.6) is 0 Å². The first-order chi connectivity index (χ1) is 11.9. The monoisotopic (exact) mass is 428 g/mol. The third-order valence-corrected chi connectivity index (χ3v) is 6.39. The highest BCUT2D eigenvalue weighted by molar-refractivity contribution is 7.92. The molecule has 0 aliphatic carbocycles. The summed E-state index contributed by atoms with van der Waals surface area (Å²) in [6, 6.07) is 6.73. The molecule has 0 aliphatic rings. The molecular formula is C14H12ClF3N2O4S2. The van der Waals surface area contributed by atoms with Gasteiger partial charge in [0, 0.05) is 5.69 Å². The Balaban J connectivity index is 2.35. The SMILES string of the molecule is CNS(=O)(=O)c1ccc(S(=O)(=O)Nc2ccc(Cl)c(C(F)(F)F)c2)cc1. The van der Waals surface area contributed by atoms with Gasteiger partial charge < -0.3 is 0 Å². The fourth-order valence-corrected chi connectivity index (χ4v) is 3.94. The third kappa shape index (κ3) is 4.47. The summed E-state index contributed by atoms with van der Waals surface area (Å²) in [6.07, 6.45) is -4.75. The smallest absolute Gasteiger partial charge is 0.280 e. The molecule has 0 aliphatic heterocycles. The van der Waals surface area contributed by atoms with E-state index in [4.69, 9.17) is 11.6 Å². The number of rotatable bonds is 5. The maximum atomic E-state index is 12.8. The zero-order chi connectivity index (χ0) is 19.8. The van der Waals surface area contributed by atoms with Crippen LogP contribution in [0.3, 0.4) is 0 Å². The molecule has 0 spiro atoms. The van der Waals surface area contributed by atoms with Crippen molar-refractivity contribution in [1.82, 2.24) is 4.72 Å². The van der Waals surface area contributed by atoms with E-state index >= 15 is 0 Å². The molecule has 2 aromatic carbocycles. The molecule has 0 saturated carbocycles. The summed E-state index contributed by atoms with van der Waals surface area (Å²) in [5.41, 5.74) is -1.52. The number of nitrogens with one attached hydrogen (secondary N) is 2. The van der Waals surface area contributed by atoms with Crippen LogP contribution in [0.2, 0.25) is 5.02 Å². The number of sulfonamides is 2. The Bertz CT molecular complexity index is 1020. The number of hydrogen-bond donors (Lipinski definition) is 2. The molecule has 0 unspecified atom stereocenters. The second kappa shape index (κ2) is 7.06. The highest BCUT2D eigenvalue weighted by Crippen LogP contribution is 2.36. The molecule has 26 heavy (non-hydrogen) atoms. The quantitative estimate of drug-likeness (QED) is 0.765. The van der Waals surface area contributed by atoms with Crippen molar-refractivity contribution in [3.05, 3.63) is 53.1 Å². The molecule has 0 heterocycles. The van der Waals surface area contributed by atoms with E-state index in [1.807, 2.05) is 4.72 Å². The van der Waals surface area contributed by atoms with Crippen LogP contribution < -0.4 is 9.44 Å². The van der Waals surface area contributed by atoms with Crippen LogP contribution in [-0.4, -0.2) is 23.9 Å². The average molecular weight is 429 g/mol. The van der Waals surface area contributed by atoms with Crippen molar-refractivity contribution < 1.29 is 30.0 Å². The predicted octanol–water partition coefficient (Wildman–Crippen LogP) is 3.07. The Morgan fingerprint density at radius 2 is 1.38 bits per heavy atom. The minimum absolute atomic E-state index is 0.162. The van der Waals surface area contributed by atoms with Gasteiger partial charge in [-0.15, -0.1) is 0 Å². The molecule has 6 nitrogen and oxygen atoms in total. The Kier molecular flexibility index (Phi) is 5.57. The first kappa shape index (κ1) is 20.5. The number of alkyl halides is 3. The van der Waals surface area contributed by atoms with Gasteiger partial charge in [0.05, 0.1) is 20.4 Å². The minimum atomic E-state index is -4.75. The Hall–Kier alpha value is -1.82. The summed E-state index contributed by atoms with van der Waals surface area (Å²) in [7, 11) is -6.79. The lowest BCUT2D eigenvalue weighted by Gasteiger charge is -2.13. The molecule has 142 valence electrons. The third-order valence-electron chi connectivity index (χ3n) is 3.24. The largest absolute Gasteiger partial charge is 0.417 e. The Labute approximate surface area is 153 Å². The highest BCUT2D eigenvalue weighted by atomic mass is 35.5. The maximum Gasteiger partial charge on any atom is 0.417 e. The van der Waals surface area contributed by atoms with Crippen molar-refractivity contribution >= 4 is 37.3 Å². The molecule has 0 amide bonds. The Morgan fingerprint density at radius 3 is 1.85 bits per heavy atom. The lowest BCUT2D eigenvalue weighted by molar-refractivity contribution is -0.137. The Morgan fingerprint density at radius 1 is 0.885 bits per heavy atom. The fraction of sp³-hybridized carbons (Fsp3) is 0.143. The summed E-state index contributed by atoms with van der Waals surface area (Å²) >= 11 is 5.48. The molecule has 12 heteroatoms. The first-order valence-electron chi connectivity index (χ1n) is 6.80. The summed E-state index contributed by atoms with van der Waals surface area (Å²) in [5, 5.41) is -0.568. The highest BCUT2D eigenvalue weighted by Gasteiger charge is 2.33. The number of halogens is 4. The molecule has 2 rings (SSSR count). The van der Waals surface area contributed by atoms with Crippen molar-refractivity contribution in [2.45, 2.75) is 16.0 Å². The minimum Gasteiger partial charge on any atom is -0.280 e. The normalized spacial score (nSPS) is 12.8. The van der Waals surface area contributed by atoms with E-state index < -0.39 is 36.8 Å². The van der Waals surface area contributed by atoms with Gasteiger partial charge in [-0.25, -0.2) is 21.6 Å². The first-order valence-corrected chi connectivity index (χ1v) is 10.1. The van der Waals surface area contributed by atoms with E-state index in [0.29, 0.717) is 6.07 Å². The maximum absolute atomic E-state index is 12.8. The van der Waals surface area contributed by atoms with Gasteiger partial charge in [0.15, 0.2) is 0 Å². The van der Waals surface area contributed by atoms with E-state index in [1.54, 1.807) is 0 Å². The fourth-order valence-electron chi connectivity index (χ4n) is 1.94. The van der Waals surface area contributed by atoms with Crippen LogP contribution in [0.15, 0.2) is 52.3 Å². The van der Waals surface area contributed by atoms with Crippen LogP contribution in [0.25, 0.3) is 0 Å². The molecule has 2 N–H and O–H groups in total. The van der Waals surface area contributed by atoms with Crippen molar-refractivity contribution in [2.75, 3.05) is 11.8 Å². The van der Waals surface area contributed by atoms with Crippen molar-refractivity contribution in [3.63, 3.8) is 0 Å². The van der Waals surface area contributed by atoms with Crippen LogP contribution in [0.4, 0.5) is 18.9 Å². The summed E-state index contributed by atoms with van der Waals surface area (Å²) in [6.45, 7) is 0. The van der Waals surface area contributed by atoms with Gasteiger partial charge >= 0.3 is 6.18 Å². The standard InChI is InChI=1S/C14H12ClF3N2O4S2/c1-19-25(21,22)10-3-5-11(6-4-10)26(23,24)20-9-2-7-13(15)12(8-9)14(16,17)18/h2-8,19-20H,1H3. The summed E-state index contributed by atoms with van der Waals surface area (Å²) in [5.74, 6) is 0. The van der Waals surface area contributed by atoms with E-state index in [0.717, 1.165) is 36.4 Å². The zero-order valence-electron chi connectivity index (χ0n) is 13.0. The second-order valence-corrected chi connectivity index (χ2v) is 8.95. The van der Waals surface area contributed by atoms with Crippen LogP contribution in [0, 0.1) is 0 Å². The molecule has 0 bridgehead atoms. The molecular weight excluding hydrogens is 417 g/mol. The zero-order valence-corrected chi connectivity index (χ0v) is 15.4. The van der Waals surface area contributed by atoms with Crippen molar-refractivity contribution in [3.8, 4) is 0 Å².